The van der Waals surface area contributed by atoms with Crippen LogP contribution in [0.4, 0.5) is 0 Å². The van der Waals surface area contributed by atoms with Gasteiger partial charge in [0.25, 0.3) is 0 Å². The van der Waals surface area contributed by atoms with E-state index in [2.05, 4.69) is 4.99 Å². The fraction of sp³-hybridized carbons (Fsp3) is 0.263. The van der Waals surface area contributed by atoms with Gasteiger partial charge in [0.1, 0.15) is 5.75 Å². The van der Waals surface area contributed by atoms with E-state index in [9.17, 15) is 4.79 Å². The number of ether oxygens (including phenoxy) is 1. The molecule has 7 heteroatoms. The lowest BCUT2D eigenvalue weighted by Crippen LogP contribution is -2.13. The van der Waals surface area contributed by atoms with E-state index in [-0.39, 0.29) is 5.91 Å². The molecule has 1 heterocycles. The van der Waals surface area contributed by atoms with Crippen molar-refractivity contribution in [2.24, 2.45) is 12.0 Å². The van der Waals surface area contributed by atoms with Gasteiger partial charge in [0.15, 0.2) is 4.80 Å². The molecular weight excluding hydrogens is 388 g/mol. The average Bonchev–Trinajstić information content (AvgIpc) is 2.92. The quantitative estimate of drug-likeness (QED) is 0.547. The fourth-order valence-corrected chi connectivity index (χ4v) is 4.46. The Balaban J connectivity index is 1.69. The van der Waals surface area contributed by atoms with Crippen molar-refractivity contribution in [1.29, 1.82) is 0 Å². The number of halogens is 1. The standard InChI is InChI=1S/C19H19ClN2O2S2/c1-3-24-14-6-9-16-17(12-14)26-19(22(16)2)21-18(23)10-11-25-15-7-4-13(20)5-8-15/h4-9,12H,3,10-11H2,1-2H3. The van der Waals surface area contributed by atoms with Crippen LogP contribution in [0.3, 0.4) is 0 Å². The summed E-state index contributed by atoms with van der Waals surface area (Å²) in [6, 6.07) is 13.5. The van der Waals surface area contributed by atoms with E-state index in [1.54, 1.807) is 11.8 Å². The number of carbonyl (C=O) groups is 1. The first kappa shape index (κ1) is 19.0. The lowest BCUT2D eigenvalue weighted by Gasteiger charge is -2.02. The van der Waals surface area contributed by atoms with Crippen molar-refractivity contribution in [3.8, 4) is 5.75 Å². The summed E-state index contributed by atoms with van der Waals surface area (Å²) in [6.45, 7) is 2.59. The van der Waals surface area contributed by atoms with Crippen molar-refractivity contribution in [3.05, 3.63) is 52.3 Å². The van der Waals surface area contributed by atoms with Gasteiger partial charge in [-0.05, 0) is 49.4 Å². The van der Waals surface area contributed by atoms with Crippen LogP contribution in [0.5, 0.6) is 5.75 Å². The first-order valence-corrected chi connectivity index (χ1v) is 10.4. The number of amides is 1. The first-order chi connectivity index (χ1) is 12.6. The van der Waals surface area contributed by atoms with Gasteiger partial charge < -0.3 is 9.30 Å². The van der Waals surface area contributed by atoms with Crippen LogP contribution in [0.15, 0.2) is 52.4 Å². The minimum Gasteiger partial charge on any atom is -0.494 e. The normalized spacial score (nSPS) is 11.9. The van der Waals surface area contributed by atoms with E-state index in [1.165, 1.54) is 11.3 Å². The van der Waals surface area contributed by atoms with E-state index in [4.69, 9.17) is 16.3 Å². The number of nitrogens with zero attached hydrogens (tertiary/aromatic N) is 2. The zero-order valence-corrected chi connectivity index (χ0v) is 17.0. The molecule has 0 radical (unpaired) electrons. The zero-order chi connectivity index (χ0) is 18.5. The zero-order valence-electron chi connectivity index (χ0n) is 14.6. The number of hydrogen-bond acceptors (Lipinski definition) is 4. The maximum absolute atomic E-state index is 12.2. The van der Waals surface area contributed by atoms with Gasteiger partial charge in [-0.15, -0.1) is 11.8 Å². The van der Waals surface area contributed by atoms with Crippen molar-refractivity contribution in [2.45, 2.75) is 18.2 Å². The minimum atomic E-state index is -0.112. The topological polar surface area (TPSA) is 43.6 Å². The SMILES string of the molecule is CCOc1ccc2c(c1)sc(=NC(=O)CCSc1ccc(Cl)cc1)n2C. The van der Waals surface area contributed by atoms with Gasteiger partial charge in [0, 0.05) is 29.1 Å². The number of thiazole rings is 1. The summed E-state index contributed by atoms with van der Waals surface area (Å²) in [5, 5.41) is 0.713. The maximum Gasteiger partial charge on any atom is 0.249 e. The van der Waals surface area contributed by atoms with Gasteiger partial charge in [-0.2, -0.15) is 4.99 Å². The smallest absolute Gasteiger partial charge is 0.249 e. The molecule has 0 spiro atoms. The van der Waals surface area contributed by atoms with Crippen LogP contribution in [-0.4, -0.2) is 22.8 Å². The molecule has 3 aromatic rings. The van der Waals surface area contributed by atoms with Gasteiger partial charge in [-0.1, -0.05) is 22.9 Å². The monoisotopic (exact) mass is 406 g/mol. The number of carbonyl (C=O) groups excluding carboxylic acids is 1. The number of aryl methyl sites for hydroxylation is 1. The number of benzene rings is 2. The van der Waals surface area contributed by atoms with Crippen LogP contribution in [0.25, 0.3) is 10.2 Å². The first-order valence-electron chi connectivity index (χ1n) is 8.25. The van der Waals surface area contributed by atoms with Crippen LogP contribution in [-0.2, 0) is 11.8 Å². The predicted molar refractivity (Wildman–Crippen MR) is 109 cm³/mol. The number of hydrogen-bond donors (Lipinski definition) is 0. The number of fused-ring (bicyclic) bond motifs is 1. The maximum atomic E-state index is 12.2. The predicted octanol–water partition coefficient (Wildman–Crippen LogP) is 4.90. The highest BCUT2D eigenvalue weighted by Gasteiger charge is 2.07. The molecule has 0 aliphatic heterocycles. The third-order valence-corrected chi connectivity index (χ3v) is 6.07. The summed E-state index contributed by atoms with van der Waals surface area (Å²) >= 11 is 9.00. The van der Waals surface area contributed by atoms with Crippen molar-refractivity contribution < 1.29 is 9.53 Å². The summed E-state index contributed by atoms with van der Waals surface area (Å²) < 4.78 is 8.54. The molecule has 0 saturated heterocycles. The molecule has 2 aromatic carbocycles. The van der Waals surface area contributed by atoms with Crippen molar-refractivity contribution in [1.82, 2.24) is 4.57 Å². The minimum absolute atomic E-state index is 0.112. The van der Waals surface area contributed by atoms with Gasteiger partial charge >= 0.3 is 0 Å². The Morgan fingerprint density at radius 3 is 2.77 bits per heavy atom. The van der Waals surface area contributed by atoms with Crippen molar-refractivity contribution >= 4 is 50.8 Å². The molecule has 3 rings (SSSR count). The Morgan fingerprint density at radius 1 is 1.27 bits per heavy atom. The number of rotatable bonds is 6. The fourth-order valence-electron chi connectivity index (χ4n) is 2.43. The molecule has 0 aliphatic rings. The van der Waals surface area contributed by atoms with Crippen LogP contribution < -0.4 is 9.54 Å². The molecule has 4 nitrogen and oxygen atoms in total. The summed E-state index contributed by atoms with van der Waals surface area (Å²) in [7, 11) is 1.92. The second-order valence-corrected chi connectivity index (χ2v) is 8.18. The molecule has 1 amide bonds. The molecule has 0 N–H and O–H groups in total. The van der Waals surface area contributed by atoms with Gasteiger partial charge in [-0.25, -0.2) is 0 Å². The molecule has 0 saturated carbocycles. The Bertz CT molecular complexity index is 977. The van der Waals surface area contributed by atoms with E-state index >= 15 is 0 Å². The molecule has 0 bridgehead atoms. The van der Waals surface area contributed by atoms with Gasteiger partial charge in [0.05, 0.1) is 16.8 Å². The van der Waals surface area contributed by atoms with E-state index in [1.807, 2.05) is 61.0 Å². The van der Waals surface area contributed by atoms with Crippen molar-refractivity contribution in [2.75, 3.05) is 12.4 Å². The van der Waals surface area contributed by atoms with E-state index in [0.29, 0.717) is 28.6 Å². The Labute approximate surface area is 165 Å². The van der Waals surface area contributed by atoms with E-state index < -0.39 is 0 Å². The summed E-state index contributed by atoms with van der Waals surface area (Å²) in [5.41, 5.74) is 1.04. The van der Waals surface area contributed by atoms with Crippen LogP contribution in [0.2, 0.25) is 5.02 Å². The molecule has 0 unspecified atom stereocenters. The molecule has 0 aliphatic carbocycles. The highest BCUT2D eigenvalue weighted by Crippen LogP contribution is 2.23. The highest BCUT2D eigenvalue weighted by atomic mass is 35.5. The van der Waals surface area contributed by atoms with Crippen LogP contribution in [0.1, 0.15) is 13.3 Å². The Morgan fingerprint density at radius 2 is 2.04 bits per heavy atom. The molecule has 0 atom stereocenters. The summed E-state index contributed by atoms with van der Waals surface area (Å²) in [5.74, 6) is 1.41. The molecule has 136 valence electrons. The number of thioether (sulfide) groups is 1. The largest absolute Gasteiger partial charge is 0.494 e. The highest BCUT2D eigenvalue weighted by molar-refractivity contribution is 7.99. The van der Waals surface area contributed by atoms with E-state index in [0.717, 1.165) is 20.9 Å². The number of aromatic nitrogens is 1. The Hall–Kier alpha value is -1.76. The lowest BCUT2D eigenvalue weighted by molar-refractivity contribution is -0.117. The van der Waals surface area contributed by atoms with Gasteiger partial charge in [0.2, 0.25) is 5.91 Å². The second kappa shape index (κ2) is 8.75. The third-order valence-electron chi connectivity index (χ3n) is 3.71. The summed E-state index contributed by atoms with van der Waals surface area (Å²) in [6.07, 6.45) is 0.395. The van der Waals surface area contributed by atoms with Crippen LogP contribution >= 0.6 is 34.7 Å². The van der Waals surface area contributed by atoms with Crippen molar-refractivity contribution in [3.63, 3.8) is 0 Å². The Kier molecular flexibility index (Phi) is 6.40. The summed E-state index contributed by atoms with van der Waals surface area (Å²) in [4.78, 5) is 18.3. The second-order valence-electron chi connectivity index (χ2n) is 5.56. The molecule has 1 aromatic heterocycles. The van der Waals surface area contributed by atoms with Crippen LogP contribution in [0, 0.1) is 0 Å². The molecule has 26 heavy (non-hydrogen) atoms. The molecular formula is C19H19ClN2O2S2. The average molecular weight is 407 g/mol. The molecule has 0 fully saturated rings. The third kappa shape index (κ3) is 4.69. The lowest BCUT2D eigenvalue weighted by atomic mass is 10.3. The van der Waals surface area contributed by atoms with Gasteiger partial charge in [-0.3, -0.25) is 4.79 Å².